The Morgan fingerprint density at radius 1 is 1.15 bits per heavy atom. The smallest absolute Gasteiger partial charge is 0.228 e. The van der Waals surface area contributed by atoms with E-state index in [4.69, 9.17) is 0 Å². The molecule has 7 heteroatoms. The van der Waals surface area contributed by atoms with Crippen molar-refractivity contribution in [3.05, 3.63) is 52.9 Å². The zero-order chi connectivity index (χ0) is 18.8. The fourth-order valence-electron chi connectivity index (χ4n) is 3.39. The topological polar surface area (TPSA) is 71.0 Å². The number of hydrogen-bond acceptors (Lipinski definition) is 5. The number of pyridine rings is 1. The molecule has 1 saturated heterocycles. The molecule has 4 rings (SSSR count). The summed E-state index contributed by atoms with van der Waals surface area (Å²) in [5, 5.41) is 3.96. The lowest BCUT2D eigenvalue weighted by Crippen LogP contribution is -2.38. The molecular weight excluding hydrogens is 406 g/mol. The Balaban J connectivity index is 1.44. The van der Waals surface area contributed by atoms with E-state index in [9.17, 15) is 4.79 Å². The van der Waals surface area contributed by atoms with Gasteiger partial charge in [0.25, 0.3) is 0 Å². The van der Waals surface area contributed by atoms with Gasteiger partial charge in [-0.25, -0.2) is 15.0 Å². The van der Waals surface area contributed by atoms with Crippen LogP contribution >= 0.6 is 15.9 Å². The number of hydrogen-bond donors (Lipinski definition) is 1. The third-order valence-corrected chi connectivity index (χ3v) is 5.40. The molecule has 1 amide bonds. The molecule has 0 spiro atoms. The van der Waals surface area contributed by atoms with E-state index < -0.39 is 0 Å². The number of nitrogens with one attached hydrogen (secondary N) is 1. The summed E-state index contributed by atoms with van der Waals surface area (Å²) in [4.78, 5) is 27.9. The van der Waals surface area contributed by atoms with Crippen LogP contribution in [0.3, 0.4) is 0 Å². The molecule has 2 aromatic heterocycles. The maximum absolute atomic E-state index is 12.6. The number of nitrogens with zero attached hydrogens (tertiary/aromatic N) is 4. The van der Waals surface area contributed by atoms with Gasteiger partial charge in [0.15, 0.2) is 0 Å². The first-order valence-corrected chi connectivity index (χ1v) is 9.78. The van der Waals surface area contributed by atoms with Crippen molar-refractivity contribution in [2.45, 2.75) is 19.8 Å². The van der Waals surface area contributed by atoms with Crippen LogP contribution in [0.5, 0.6) is 0 Å². The lowest BCUT2D eigenvalue weighted by molar-refractivity contribution is -0.120. The largest absolute Gasteiger partial charge is 0.356 e. The number of amides is 1. The average molecular weight is 426 g/mol. The zero-order valence-electron chi connectivity index (χ0n) is 15.0. The van der Waals surface area contributed by atoms with E-state index >= 15 is 0 Å². The molecule has 27 heavy (non-hydrogen) atoms. The van der Waals surface area contributed by atoms with Gasteiger partial charge < -0.3 is 10.2 Å². The molecule has 1 N–H and O–H groups in total. The second-order valence-electron chi connectivity index (χ2n) is 6.83. The van der Waals surface area contributed by atoms with Gasteiger partial charge >= 0.3 is 0 Å². The average Bonchev–Trinajstić information content (AvgIpc) is 2.69. The predicted molar refractivity (Wildman–Crippen MR) is 110 cm³/mol. The number of halogens is 1. The lowest BCUT2D eigenvalue weighted by Gasteiger charge is -2.32. The van der Waals surface area contributed by atoms with Crippen LogP contribution in [-0.2, 0) is 4.79 Å². The van der Waals surface area contributed by atoms with Gasteiger partial charge in [0.05, 0.1) is 5.52 Å². The Hall–Kier alpha value is -2.54. The number of carbonyl (C=O) groups is 1. The summed E-state index contributed by atoms with van der Waals surface area (Å²) in [5.41, 5.74) is 2.00. The molecule has 1 aliphatic rings. The van der Waals surface area contributed by atoms with Gasteiger partial charge in [0, 0.05) is 35.1 Å². The minimum absolute atomic E-state index is 0.0100. The second kappa shape index (κ2) is 7.60. The summed E-state index contributed by atoms with van der Waals surface area (Å²) < 4.78 is 1.01. The van der Waals surface area contributed by atoms with E-state index in [1.165, 1.54) is 0 Å². The highest BCUT2D eigenvalue weighted by atomic mass is 79.9. The summed E-state index contributed by atoms with van der Waals surface area (Å²) in [6, 6.07) is 9.80. The molecule has 0 atom stereocenters. The molecule has 1 aliphatic heterocycles. The molecule has 0 unspecified atom stereocenters. The van der Waals surface area contributed by atoms with Crippen LogP contribution in [-0.4, -0.2) is 33.9 Å². The Bertz CT molecular complexity index is 968. The van der Waals surface area contributed by atoms with Gasteiger partial charge in [-0.05, 0) is 49.6 Å². The maximum atomic E-state index is 12.6. The van der Waals surface area contributed by atoms with Gasteiger partial charge in [-0.15, -0.1) is 0 Å². The Morgan fingerprint density at radius 2 is 1.96 bits per heavy atom. The van der Waals surface area contributed by atoms with Crippen molar-refractivity contribution in [2.24, 2.45) is 5.92 Å². The van der Waals surface area contributed by atoms with E-state index in [1.54, 1.807) is 12.5 Å². The van der Waals surface area contributed by atoms with Gasteiger partial charge in [-0.2, -0.15) is 0 Å². The fourth-order valence-corrected chi connectivity index (χ4v) is 3.75. The van der Waals surface area contributed by atoms with Gasteiger partial charge in [-0.1, -0.05) is 22.0 Å². The Labute approximate surface area is 166 Å². The standard InChI is InChI=1S/C20H20BrN5O/c1-13-2-5-18(22-11-13)25-20(27)14-6-8-26(9-7-14)19-16-10-15(21)3-4-17(16)23-12-24-19/h2-5,10-12,14H,6-9H2,1H3,(H,22,25,27). The number of aromatic nitrogens is 3. The van der Waals surface area contributed by atoms with E-state index in [0.717, 1.165) is 52.7 Å². The fraction of sp³-hybridized carbons (Fsp3) is 0.300. The van der Waals surface area contributed by atoms with Crippen LogP contribution in [0.2, 0.25) is 0 Å². The van der Waals surface area contributed by atoms with Crippen LogP contribution in [0.4, 0.5) is 11.6 Å². The van der Waals surface area contributed by atoms with Crippen molar-refractivity contribution < 1.29 is 4.79 Å². The number of fused-ring (bicyclic) bond motifs is 1. The normalized spacial score (nSPS) is 15.1. The molecule has 0 saturated carbocycles. The monoisotopic (exact) mass is 425 g/mol. The summed E-state index contributed by atoms with van der Waals surface area (Å²) in [6.07, 6.45) is 4.94. The zero-order valence-corrected chi connectivity index (χ0v) is 16.6. The molecule has 3 aromatic rings. The summed E-state index contributed by atoms with van der Waals surface area (Å²) >= 11 is 3.52. The molecule has 138 valence electrons. The van der Waals surface area contributed by atoms with Crippen LogP contribution in [0.1, 0.15) is 18.4 Å². The summed E-state index contributed by atoms with van der Waals surface area (Å²) in [6.45, 7) is 3.56. The first-order valence-electron chi connectivity index (χ1n) is 8.99. The van der Waals surface area contributed by atoms with Crippen molar-refractivity contribution in [3.63, 3.8) is 0 Å². The highest BCUT2D eigenvalue weighted by Gasteiger charge is 2.26. The Kier molecular flexibility index (Phi) is 5.03. The molecule has 0 bridgehead atoms. The lowest BCUT2D eigenvalue weighted by atomic mass is 9.95. The number of rotatable bonds is 3. The third kappa shape index (κ3) is 3.93. The first-order chi connectivity index (χ1) is 13.1. The molecular formula is C20H20BrN5O. The highest BCUT2D eigenvalue weighted by molar-refractivity contribution is 9.10. The van der Waals surface area contributed by atoms with Gasteiger partial charge in [0.2, 0.25) is 5.91 Å². The number of anilines is 2. The van der Waals surface area contributed by atoms with Gasteiger partial charge in [-0.3, -0.25) is 4.79 Å². The third-order valence-electron chi connectivity index (χ3n) is 4.90. The quantitative estimate of drug-likeness (QED) is 0.687. The van der Waals surface area contributed by atoms with Gasteiger partial charge in [0.1, 0.15) is 18.0 Å². The minimum atomic E-state index is -0.0100. The van der Waals surface area contributed by atoms with Crippen molar-refractivity contribution in [1.82, 2.24) is 15.0 Å². The molecule has 0 aliphatic carbocycles. The summed E-state index contributed by atoms with van der Waals surface area (Å²) in [5.74, 6) is 1.57. The second-order valence-corrected chi connectivity index (χ2v) is 7.75. The van der Waals surface area contributed by atoms with E-state index in [-0.39, 0.29) is 11.8 Å². The van der Waals surface area contributed by atoms with E-state index in [1.807, 2.05) is 37.3 Å². The molecule has 3 heterocycles. The molecule has 1 aromatic carbocycles. The van der Waals surface area contributed by atoms with Crippen LogP contribution < -0.4 is 10.2 Å². The van der Waals surface area contributed by atoms with Crippen molar-refractivity contribution in [2.75, 3.05) is 23.3 Å². The van der Waals surface area contributed by atoms with Crippen molar-refractivity contribution >= 4 is 44.4 Å². The Morgan fingerprint density at radius 3 is 2.70 bits per heavy atom. The van der Waals surface area contributed by atoms with Crippen molar-refractivity contribution in [3.8, 4) is 0 Å². The summed E-state index contributed by atoms with van der Waals surface area (Å²) in [7, 11) is 0. The predicted octanol–water partition coefficient (Wildman–Crippen LogP) is 3.95. The first kappa shape index (κ1) is 17.9. The molecule has 0 radical (unpaired) electrons. The van der Waals surface area contributed by atoms with Crippen LogP contribution in [0, 0.1) is 12.8 Å². The minimum Gasteiger partial charge on any atom is -0.356 e. The van der Waals surface area contributed by atoms with Crippen molar-refractivity contribution in [1.29, 1.82) is 0 Å². The molecule has 1 fully saturated rings. The SMILES string of the molecule is Cc1ccc(NC(=O)C2CCN(c3ncnc4ccc(Br)cc34)CC2)nc1. The maximum Gasteiger partial charge on any atom is 0.228 e. The van der Waals surface area contributed by atoms with Crippen LogP contribution in [0.25, 0.3) is 10.9 Å². The van der Waals surface area contributed by atoms with E-state index in [2.05, 4.69) is 41.1 Å². The number of aryl methyl sites for hydroxylation is 1. The highest BCUT2D eigenvalue weighted by Crippen LogP contribution is 2.29. The van der Waals surface area contributed by atoms with E-state index in [0.29, 0.717) is 5.82 Å². The molecule has 6 nitrogen and oxygen atoms in total. The number of carbonyl (C=O) groups excluding carboxylic acids is 1. The number of piperidine rings is 1. The van der Waals surface area contributed by atoms with Crippen LogP contribution in [0.15, 0.2) is 47.3 Å². The number of benzene rings is 1.